The van der Waals surface area contributed by atoms with Crippen LogP contribution < -0.4 is 4.90 Å². The van der Waals surface area contributed by atoms with Gasteiger partial charge in [0.15, 0.2) is 0 Å². The molecule has 1 aliphatic heterocycles. The van der Waals surface area contributed by atoms with E-state index < -0.39 is 6.10 Å². The van der Waals surface area contributed by atoms with Crippen LogP contribution in [0.5, 0.6) is 0 Å². The van der Waals surface area contributed by atoms with Gasteiger partial charge in [-0.2, -0.15) is 0 Å². The number of piperazine rings is 1. The molecule has 1 aromatic carbocycles. The minimum absolute atomic E-state index is 0. The Kier molecular flexibility index (Phi) is 7.47. The van der Waals surface area contributed by atoms with Gasteiger partial charge in [0.05, 0.1) is 18.4 Å². The maximum atomic E-state index is 14.0. The minimum atomic E-state index is -0.443. The number of β-amino-alcohol motifs (C(OH)–C–C–N with tert-alkyl or cyclic N) is 1. The van der Waals surface area contributed by atoms with Crippen LogP contribution in [0.2, 0.25) is 0 Å². The van der Waals surface area contributed by atoms with E-state index in [0.717, 1.165) is 50.5 Å². The van der Waals surface area contributed by atoms with E-state index in [2.05, 4.69) is 9.80 Å². The van der Waals surface area contributed by atoms with Gasteiger partial charge in [0.2, 0.25) is 0 Å². The average Bonchev–Trinajstić information content (AvgIpc) is 2.71. The van der Waals surface area contributed by atoms with Crippen LogP contribution in [-0.4, -0.2) is 62.0 Å². The summed E-state index contributed by atoms with van der Waals surface area (Å²) in [5.74, 6) is 2.82. The van der Waals surface area contributed by atoms with E-state index in [9.17, 15) is 9.50 Å². The predicted molar refractivity (Wildman–Crippen MR) is 124 cm³/mol. The fourth-order valence-electron chi connectivity index (χ4n) is 7.33. The fraction of sp³-hybridized carbons (Fsp3) is 0.760. The monoisotopic (exact) mass is 452 g/mol. The van der Waals surface area contributed by atoms with Crippen molar-refractivity contribution in [2.75, 3.05) is 50.8 Å². The van der Waals surface area contributed by atoms with Gasteiger partial charge in [0, 0.05) is 39.3 Å². The third-order valence-corrected chi connectivity index (χ3v) is 8.29. The number of hydrogen-bond donors (Lipinski definition) is 1. The molecule has 4 aliphatic carbocycles. The number of nitrogens with zero attached hydrogens (tertiary/aromatic N) is 2. The molecule has 1 unspecified atom stereocenters. The highest BCUT2D eigenvalue weighted by atomic mass is 35.5. The molecule has 4 nitrogen and oxygen atoms in total. The summed E-state index contributed by atoms with van der Waals surface area (Å²) >= 11 is 0. The molecule has 0 spiro atoms. The lowest BCUT2D eigenvalue weighted by Crippen LogP contribution is -2.49. The van der Waals surface area contributed by atoms with Crippen LogP contribution in [0.25, 0.3) is 0 Å². The topological polar surface area (TPSA) is 35.9 Å². The van der Waals surface area contributed by atoms with Crippen molar-refractivity contribution in [1.82, 2.24) is 4.90 Å². The Bertz CT molecular complexity index is 690. The van der Waals surface area contributed by atoms with Gasteiger partial charge < -0.3 is 14.7 Å². The Morgan fingerprint density at radius 1 is 1.00 bits per heavy atom. The number of para-hydroxylation sites is 1. The first kappa shape index (κ1) is 23.3. The smallest absolute Gasteiger partial charge is 0.146 e. The molecule has 5 fully saturated rings. The first-order valence-electron chi connectivity index (χ1n) is 12.1. The van der Waals surface area contributed by atoms with Gasteiger partial charge in [0.1, 0.15) is 5.82 Å². The molecule has 6 rings (SSSR count). The summed E-state index contributed by atoms with van der Waals surface area (Å²) in [5.41, 5.74) is 1.24. The van der Waals surface area contributed by atoms with Crippen LogP contribution in [-0.2, 0) is 4.74 Å². The third kappa shape index (κ3) is 5.38. The zero-order chi connectivity index (χ0) is 20.6. The Balaban J connectivity index is 0.00000231. The molecular weight excluding hydrogens is 415 g/mol. The molecule has 1 N–H and O–H groups in total. The highest BCUT2D eigenvalue weighted by Gasteiger charge is 2.50. The summed E-state index contributed by atoms with van der Waals surface area (Å²) in [6.07, 6.45) is 9.49. The predicted octanol–water partition coefficient (Wildman–Crippen LogP) is 4.35. The van der Waals surface area contributed by atoms with E-state index in [0.29, 0.717) is 24.3 Å². The van der Waals surface area contributed by atoms with E-state index >= 15 is 0 Å². The molecule has 31 heavy (non-hydrogen) atoms. The third-order valence-electron chi connectivity index (χ3n) is 8.29. The molecule has 1 heterocycles. The van der Waals surface area contributed by atoms with Crippen molar-refractivity contribution in [2.24, 2.45) is 23.2 Å². The molecule has 4 bridgehead atoms. The zero-order valence-electron chi connectivity index (χ0n) is 18.6. The van der Waals surface area contributed by atoms with E-state index in [4.69, 9.17) is 4.74 Å². The normalized spacial score (nSPS) is 33.4. The number of ether oxygens (including phenoxy) is 1. The second-order valence-corrected chi connectivity index (χ2v) is 10.6. The first-order valence-corrected chi connectivity index (χ1v) is 12.1. The summed E-state index contributed by atoms with van der Waals surface area (Å²) in [6.45, 7) is 5.14. The number of anilines is 1. The molecule has 6 heteroatoms. The molecule has 0 radical (unpaired) electrons. The van der Waals surface area contributed by atoms with E-state index in [1.54, 1.807) is 6.07 Å². The van der Waals surface area contributed by atoms with Gasteiger partial charge in [-0.1, -0.05) is 12.1 Å². The molecule has 174 valence electrons. The molecule has 0 aromatic heterocycles. The van der Waals surface area contributed by atoms with Crippen LogP contribution in [0, 0.1) is 29.0 Å². The lowest BCUT2D eigenvalue weighted by atomic mass is 9.49. The van der Waals surface area contributed by atoms with Crippen molar-refractivity contribution >= 4 is 18.1 Å². The van der Waals surface area contributed by atoms with Crippen molar-refractivity contribution in [3.05, 3.63) is 30.1 Å². The van der Waals surface area contributed by atoms with Crippen LogP contribution in [0.4, 0.5) is 10.1 Å². The van der Waals surface area contributed by atoms with E-state index in [1.807, 2.05) is 12.1 Å². The van der Waals surface area contributed by atoms with Gasteiger partial charge >= 0.3 is 0 Å². The van der Waals surface area contributed by atoms with Gasteiger partial charge in [-0.3, -0.25) is 4.90 Å². The maximum Gasteiger partial charge on any atom is 0.146 e. The van der Waals surface area contributed by atoms with Crippen LogP contribution in [0.3, 0.4) is 0 Å². The van der Waals surface area contributed by atoms with Crippen LogP contribution in [0.1, 0.15) is 44.9 Å². The lowest BCUT2D eigenvalue weighted by Gasteiger charge is -2.57. The molecule has 4 saturated carbocycles. The quantitative estimate of drug-likeness (QED) is 0.595. The zero-order valence-corrected chi connectivity index (χ0v) is 19.4. The second-order valence-electron chi connectivity index (χ2n) is 10.6. The molecule has 1 atom stereocenters. The van der Waals surface area contributed by atoms with Gasteiger partial charge in [0.25, 0.3) is 0 Å². The Hall–Kier alpha value is -0.880. The van der Waals surface area contributed by atoms with Crippen LogP contribution >= 0.6 is 12.4 Å². The van der Waals surface area contributed by atoms with Gasteiger partial charge in [-0.05, 0) is 80.2 Å². The largest absolute Gasteiger partial charge is 0.389 e. The highest BCUT2D eigenvalue weighted by molar-refractivity contribution is 5.85. The lowest BCUT2D eigenvalue weighted by molar-refractivity contribution is -0.0741. The highest BCUT2D eigenvalue weighted by Crippen LogP contribution is 2.61. The van der Waals surface area contributed by atoms with Crippen molar-refractivity contribution < 1.29 is 14.2 Å². The molecule has 1 aromatic rings. The Labute approximate surface area is 192 Å². The second kappa shape index (κ2) is 9.94. The van der Waals surface area contributed by atoms with Crippen molar-refractivity contribution in [1.29, 1.82) is 0 Å². The molecular formula is C25H38ClFN2O2. The maximum absolute atomic E-state index is 14.0. The standard InChI is InChI=1S/C25H37FN2O2.ClH/c26-23-3-1-2-4-24(23)28-8-6-27(7-9-28)17-22(29)18-30-10-5-25-14-19-11-20(15-25)13-21(12-19)16-25;/h1-4,19-22,29H,5-18H2;1H. The van der Waals surface area contributed by atoms with E-state index in [-0.39, 0.29) is 18.2 Å². The van der Waals surface area contributed by atoms with E-state index in [1.165, 1.54) is 51.0 Å². The Morgan fingerprint density at radius 2 is 1.61 bits per heavy atom. The molecule has 5 aliphatic rings. The number of halogens is 2. The fourth-order valence-corrected chi connectivity index (χ4v) is 7.33. The summed E-state index contributed by atoms with van der Waals surface area (Å²) < 4.78 is 19.9. The summed E-state index contributed by atoms with van der Waals surface area (Å²) in [7, 11) is 0. The minimum Gasteiger partial charge on any atom is -0.389 e. The molecule has 0 amide bonds. The van der Waals surface area contributed by atoms with Crippen molar-refractivity contribution in [3.63, 3.8) is 0 Å². The van der Waals surface area contributed by atoms with Gasteiger partial charge in [-0.15, -0.1) is 12.4 Å². The number of aliphatic hydroxyl groups excluding tert-OH is 1. The van der Waals surface area contributed by atoms with Crippen LogP contribution in [0.15, 0.2) is 24.3 Å². The first-order chi connectivity index (χ1) is 14.6. The van der Waals surface area contributed by atoms with Gasteiger partial charge in [-0.25, -0.2) is 4.39 Å². The number of rotatable bonds is 8. The van der Waals surface area contributed by atoms with Crippen molar-refractivity contribution in [2.45, 2.75) is 51.0 Å². The number of aliphatic hydroxyl groups is 1. The SMILES string of the molecule is Cl.OC(COCCC12CC3CC(CC(C3)C1)C2)CN1CCN(c2ccccc2F)CC1. The number of benzene rings is 1. The summed E-state index contributed by atoms with van der Waals surface area (Å²) in [5, 5.41) is 10.4. The van der Waals surface area contributed by atoms with Crippen molar-refractivity contribution in [3.8, 4) is 0 Å². The summed E-state index contributed by atoms with van der Waals surface area (Å²) in [6, 6.07) is 6.98. The Morgan fingerprint density at radius 3 is 2.23 bits per heavy atom. The molecule has 1 saturated heterocycles. The average molecular weight is 453 g/mol. The number of hydrogen-bond acceptors (Lipinski definition) is 4. The summed E-state index contributed by atoms with van der Waals surface area (Å²) in [4.78, 5) is 4.37.